The zero-order chi connectivity index (χ0) is 15.9. The van der Waals surface area contributed by atoms with E-state index >= 15 is 0 Å². The lowest BCUT2D eigenvalue weighted by molar-refractivity contribution is 0.101. The molecule has 0 bridgehead atoms. The SMILES string of the molecule is CCOc1ccc(C(=O)CBr)cc1NC(=O)c1ccccc1. The lowest BCUT2D eigenvalue weighted by Gasteiger charge is -2.13. The Morgan fingerprint density at radius 3 is 2.45 bits per heavy atom. The number of ketones is 1. The number of benzene rings is 2. The first-order valence-electron chi connectivity index (χ1n) is 6.88. The molecule has 0 aliphatic heterocycles. The van der Waals surface area contributed by atoms with Crippen LogP contribution in [0.2, 0.25) is 0 Å². The number of ether oxygens (including phenoxy) is 1. The number of amides is 1. The zero-order valence-electron chi connectivity index (χ0n) is 12.1. The van der Waals surface area contributed by atoms with E-state index in [1.54, 1.807) is 42.5 Å². The van der Waals surface area contributed by atoms with Crippen molar-refractivity contribution in [1.82, 2.24) is 0 Å². The average molecular weight is 362 g/mol. The number of Topliss-reactive ketones (excluding diaryl/α,β-unsaturated/α-hetero) is 1. The lowest BCUT2D eigenvalue weighted by Crippen LogP contribution is -2.13. The van der Waals surface area contributed by atoms with Gasteiger partial charge >= 0.3 is 0 Å². The largest absolute Gasteiger partial charge is 0.492 e. The van der Waals surface area contributed by atoms with Crippen molar-refractivity contribution in [3.05, 3.63) is 59.7 Å². The van der Waals surface area contributed by atoms with Crippen LogP contribution in [0.15, 0.2) is 48.5 Å². The Morgan fingerprint density at radius 2 is 1.82 bits per heavy atom. The van der Waals surface area contributed by atoms with Crippen LogP contribution < -0.4 is 10.1 Å². The van der Waals surface area contributed by atoms with Crippen molar-refractivity contribution < 1.29 is 14.3 Å². The third-order valence-corrected chi connectivity index (χ3v) is 3.52. The maximum Gasteiger partial charge on any atom is 0.255 e. The summed E-state index contributed by atoms with van der Waals surface area (Å²) >= 11 is 3.14. The van der Waals surface area contributed by atoms with E-state index in [9.17, 15) is 9.59 Å². The van der Waals surface area contributed by atoms with Crippen LogP contribution >= 0.6 is 15.9 Å². The summed E-state index contributed by atoms with van der Waals surface area (Å²) in [6.45, 7) is 2.33. The molecule has 0 unspecified atom stereocenters. The van der Waals surface area contributed by atoms with Crippen molar-refractivity contribution >= 4 is 33.3 Å². The lowest BCUT2D eigenvalue weighted by atomic mass is 10.1. The van der Waals surface area contributed by atoms with Crippen molar-refractivity contribution in [2.45, 2.75) is 6.92 Å². The fourth-order valence-corrected chi connectivity index (χ4v) is 2.27. The first kappa shape index (κ1) is 16.2. The van der Waals surface area contributed by atoms with Crippen LogP contribution in [0.1, 0.15) is 27.6 Å². The van der Waals surface area contributed by atoms with Gasteiger partial charge in [-0.2, -0.15) is 0 Å². The molecule has 0 fully saturated rings. The molecule has 0 aromatic heterocycles. The van der Waals surface area contributed by atoms with Crippen molar-refractivity contribution in [3.8, 4) is 5.75 Å². The third-order valence-electron chi connectivity index (χ3n) is 3.01. The van der Waals surface area contributed by atoms with Gasteiger partial charge in [-0.05, 0) is 37.3 Å². The first-order chi connectivity index (χ1) is 10.7. The van der Waals surface area contributed by atoms with Crippen LogP contribution in [-0.4, -0.2) is 23.6 Å². The summed E-state index contributed by atoms with van der Waals surface area (Å²) in [6.07, 6.45) is 0. The van der Waals surface area contributed by atoms with Crippen molar-refractivity contribution in [2.75, 3.05) is 17.3 Å². The van der Waals surface area contributed by atoms with Crippen LogP contribution in [-0.2, 0) is 0 Å². The van der Waals surface area contributed by atoms with Crippen LogP contribution in [0.25, 0.3) is 0 Å². The summed E-state index contributed by atoms with van der Waals surface area (Å²) in [6, 6.07) is 13.9. The molecule has 0 atom stereocenters. The second-order valence-corrected chi connectivity index (χ2v) is 5.08. The van der Waals surface area contributed by atoms with E-state index in [1.165, 1.54) is 0 Å². The molecule has 0 aliphatic carbocycles. The van der Waals surface area contributed by atoms with Crippen molar-refractivity contribution in [1.29, 1.82) is 0 Å². The summed E-state index contributed by atoms with van der Waals surface area (Å²) in [7, 11) is 0. The molecule has 2 aromatic carbocycles. The van der Waals surface area contributed by atoms with E-state index in [-0.39, 0.29) is 17.0 Å². The Labute approximate surface area is 137 Å². The molecule has 0 heterocycles. The molecule has 4 nitrogen and oxygen atoms in total. The van der Waals surface area contributed by atoms with Gasteiger partial charge in [0.15, 0.2) is 5.78 Å². The van der Waals surface area contributed by atoms with Crippen LogP contribution in [0.4, 0.5) is 5.69 Å². The fourth-order valence-electron chi connectivity index (χ4n) is 1.94. The fraction of sp³-hybridized carbons (Fsp3) is 0.176. The topological polar surface area (TPSA) is 55.4 Å². The van der Waals surface area contributed by atoms with E-state index in [1.807, 2.05) is 13.0 Å². The number of rotatable bonds is 6. The predicted octanol–water partition coefficient (Wildman–Crippen LogP) is 3.92. The van der Waals surface area contributed by atoms with Gasteiger partial charge in [0.25, 0.3) is 5.91 Å². The zero-order valence-corrected chi connectivity index (χ0v) is 13.7. The smallest absolute Gasteiger partial charge is 0.255 e. The molecule has 1 N–H and O–H groups in total. The summed E-state index contributed by atoms with van der Waals surface area (Å²) in [5.74, 6) is 0.237. The van der Waals surface area contributed by atoms with Gasteiger partial charge in [-0.1, -0.05) is 34.1 Å². The molecule has 0 radical (unpaired) electrons. The Kier molecular flexibility index (Phi) is 5.72. The van der Waals surface area contributed by atoms with Gasteiger partial charge in [-0.15, -0.1) is 0 Å². The molecule has 0 saturated heterocycles. The standard InChI is InChI=1S/C17H16BrNO3/c1-2-22-16-9-8-13(15(20)11-18)10-14(16)19-17(21)12-6-4-3-5-7-12/h3-10H,2,11H2,1H3,(H,19,21). The highest BCUT2D eigenvalue weighted by atomic mass is 79.9. The Hall–Kier alpha value is -2.14. The summed E-state index contributed by atoms with van der Waals surface area (Å²) < 4.78 is 5.50. The highest BCUT2D eigenvalue weighted by Crippen LogP contribution is 2.27. The molecule has 0 spiro atoms. The van der Waals surface area contributed by atoms with Gasteiger partial charge in [0.2, 0.25) is 0 Å². The van der Waals surface area contributed by atoms with Gasteiger partial charge < -0.3 is 10.1 Å². The number of carbonyl (C=O) groups is 2. The van der Waals surface area contributed by atoms with Crippen LogP contribution in [0.3, 0.4) is 0 Å². The van der Waals surface area contributed by atoms with Crippen LogP contribution in [0.5, 0.6) is 5.75 Å². The Bertz CT molecular complexity index is 671. The number of anilines is 1. The summed E-state index contributed by atoms with van der Waals surface area (Å²) in [4.78, 5) is 24.1. The Morgan fingerprint density at radius 1 is 1.09 bits per heavy atom. The monoisotopic (exact) mass is 361 g/mol. The summed E-state index contributed by atoms with van der Waals surface area (Å²) in [5, 5.41) is 3.03. The predicted molar refractivity (Wildman–Crippen MR) is 90.1 cm³/mol. The molecule has 1 amide bonds. The van der Waals surface area contributed by atoms with E-state index in [4.69, 9.17) is 4.74 Å². The number of halogens is 1. The molecule has 0 saturated carbocycles. The quantitative estimate of drug-likeness (QED) is 0.626. The molecular weight excluding hydrogens is 346 g/mol. The molecule has 0 aliphatic rings. The number of hydrogen-bond donors (Lipinski definition) is 1. The highest BCUT2D eigenvalue weighted by Gasteiger charge is 2.13. The molecule has 2 aromatic rings. The molecule has 114 valence electrons. The van der Waals surface area contributed by atoms with Gasteiger partial charge in [0, 0.05) is 11.1 Å². The van der Waals surface area contributed by atoms with Gasteiger partial charge in [0.1, 0.15) is 5.75 Å². The minimum Gasteiger partial charge on any atom is -0.492 e. The second-order valence-electron chi connectivity index (χ2n) is 4.52. The number of carbonyl (C=O) groups excluding carboxylic acids is 2. The molecule has 2 rings (SSSR count). The van der Waals surface area contributed by atoms with E-state index in [0.29, 0.717) is 29.2 Å². The molecular formula is C17H16BrNO3. The number of hydrogen-bond acceptors (Lipinski definition) is 3. The molecule has 22 heavy (non-hydrogen) atoms. The normalized spacial score (nSPS) is 10.1. The number of alkyl halides is 1. The maximum atomic E-state index is 12.3. The third kappa shape index (κ3) is 3.95. The van der Waals surface area contributed by atoms with E-state index in [2.05, 4.69) is 21.2 Å². The average Bonchev–Trinajstić information content (AvgIpc) is 2.56. The maximum absolute atomic E-state index is 12.3. The highest BCUT2D eigenvalue weighted by molar-refractivity contribution is 9.09. The van der Waals surface area contributed by atoms with Crippen LogP contribution in [0, 0.1) is 0 Å². The van der Waals surface area contributed by atoms with E-state index in [0.717, 1.165) is 0 Å². The minimum atomic E-state index is -0.245. The van der Waals surface area contributed by atoms with Gasteiger partial charge in [0.05, 0.1) is 17.6 Å². The van der Waals surface area contributed by atoms with Gasteiger partial charge in [-0.3, -0.25) is 9.59 Å². The minimum absolute atomic E-state index is 0.0572. The number of nitrogens with one attached hydrogen (secondary N) is 1. The first-order valence-corrected chi connectivity index (χ1v) is 8.00. The van der Waals surface area contributed by atoms with Gasteiger partial charge in [-0.25, -0.2) is 0 Å². The molecule has 5 heteroatoms. The summed E-state index contributed by atoms with van der Waals surface area (Å²) in [5.41, 5.74) is 1.55. The van der Waals surface area contributed by atoms with E-state index < -0.39 is 0 Å². The second kappa shape index (κ2) is 7.75. The van der Waals surface area contributed by atoms with Crippen molar-refractivity contribution in [3.63, 3.8) is 0 Å². The Balaban J connectivity index is 2.30. The van der Waals surface area contributed by atoms with Crippen molar-refractivity contribution in [2.24, 2.45) is 0 Å².